The summed E-state index contributed by atoms with van der Waals surface area (Å²) >= 11 is 0. The van der Waals surface area contributed by atoms with E-state index in [2.05, 4.69) is 0 Å². The van der Waals surface area contributed by atoms with Crippen molar-refractivity contribution >= 4 is 33.9 Å². The summed E-state index contributed by atoms with van der Waals surface area (Å²) in [6.07, 6.45) is 0.697. The van der Waals surface area contributed by atoms with E-state index < -0.39 is 17.7 Å². The van der Waals surface area contributed by atoms with Crippen LogP contribution < -0.4 is 14.4 Å². The average Bonchev–Trinajstić information content (AvgIpc) is 3.44. The van der Waals surface area contributed by atoms with Crippen LogP contribution in [0.2, 0.25) is 0 Å². The Kier molecular flexibility index (Phi) is 5.99. The number of phenols is 1. The fourth-order valence-electron chi connectivity index (χ4n) is 5.51. The molecule has 4 aromatic rings. The molecule has 1 saturated heterocycles. The van der Waals surface area contributed by atoms with Crippen LogP contribution in [0.1, 0.15) is 36.6 Å². The van der Waals surface area contributed by atoms with Gasteiger partial charge in [-0.1, -0.05) is 42.5 Å². The Morgan fingerprint density at radius 3 is 2.64 bits per heavy atom. The van der Waals surface area contributed by atoms with Crippen LogP contribution in [0.25, 0.3) is 16.5 Å². The third kappa shape index (κ3) is 4.07. The molecule has 2 aliphatic heterocycles. The Labute approximate surface area is 225 Å². The number of aliphatic hydroxyl groups excluding tert-OH is 1. The number of aliphatic hydroxyl groups is 1. The van der Waals surface area contributed by atoms with Gasteiger partial charge in [-0.2, -0.15) is 0 Å². The van der Waals surface area contributed by atoms with E-state index in [-0.39, 0.29) is 28.9 Å². The number of rotatable bonds is 5. The molecule has 0 saturated carbocycles. The highest BCUT2D eigenvalue weighted by Gasteiger charge is 2.47. The van der Waals surface area contributed by atoms with Crippen molar-refractivity contribution in [2.75, 3.05) is 11.5 Å². The van der Waals surface area contributed by atoms with Crippen molar-refractivity contribution < 1.29 is 29.3 Å². The number of carbonyl (C=O) groups excluding carboxylic acids is 2. The lowest BCUT2D eigenvalue weighted by Gasteiger charge is -2.27. The van der Waals surface area contributed by atoms with Crippen LogP contribution in [-0.2, 0) is 16.0 Å². The van der Waals surface area contributed by atoms with Crippen LogP contribution in [-0.4, -0.2) is 34.6 Å². The van der Waals surface area contributed by atoms with Crippen LogP contribution >= 0.6 is 0 Å². The molecule has 1 amide bonds. The minimum Gasteiger partial charge on any atom is -0.507 e. The summed E-state index contributed by atoms with van der Waals surface area (Å²) in [4.78, 5) is 28.8. The molecule has 39 heavy (non-hydrogen) atoms. The van der Waals surface area contributed by atoms with E-state index in [0.29, 0.717) is 29.8 Å². The van der Waals surface area contributed by atoms with Gasteiger partial charge in [0.2, 0.25) is 0 Å². The first-order chi connectivity index (χ1) is 18.9. The highest BCUT2D eigenvalue weighted by molar-refractivity contribution is 6.52. The van der Waals surface area contributed by atoms with Gasteiger partial charge in [0.05, 0.1) is 23.9 Å². The number of ether oxygens (including phenoxy) is 2. The number of carbonyl (C=O) groups is 2. The number of amides is 1. The van der Waals surface area contributed by atoms with Gasteiger partial charge in [-0.15, -0.1) is 0 Å². The van der Waals surface area contributed by atoms with E-state index >= 15 is 0 Å². The van der Waals surface area contributed by atoms with Gasteiger partial charge >= 0.3 is 0 Å². The maximum Gasteiger partial charge on any atom is 0.300 e. The molecule has 0 spiro atoms. The number of hydrogen-bond donors (Lipinski definition) is 2. The summed E-state index contributed by atoms with van der Waals surface area (Å²) in [5, 5.41) is 23.7. The molecule has 4 aromatic carbocycles. The normalized spacial score (nSPS) is 19.8. The van der Waals surface area contributed by atoms with Crippen LogP contribution in [0.3, 0.4) is 0 Å². The molecular formula is C32H27NO6. The van der Waals surface area contributed by atoms with Crippen LogP contribution in [0.15, 0.2) is 84.4 Å². The molecule has 2 N–H and O–H groups in total. The van der Waals surface area contributed by atoms with Crippen molar-refractivity contribution in [1.82, 2.24) is 0 Å². The van der Waals surface area contributed by atoms with Gasteiger partial charge in [-0.25, -0.2) is 0 Å². The Morgan fingerprint density at radius 2 is 1.82 bits per heavy atom. The maximum absolute atomic E-state index is 13.7. The minimum absolute atomic E-state index is 0.0170. The zero-order chi connectivity index (χ0) is 27.3. The van der Waals surface area contributed by atoms with Gasteiger partial charge in [0.25, 0.3) is 11.7 Å². The standard InChI is InChI=1S/C32H27NO6/c1-3-38-27-17-20(11-13-25(27)34)29-28(30(35)21-12-14-26-22(16-21)15-18(2)39-26)31(36)32(37)33(29)24-10-6-8-19-7-4-5-9-23(19)24/h4-14,16-18,29,34-35H,3,15H2,1-2H3/b30-28+. The lowest BCUT2D eigenvalue weighted by Crippen LogP contribution is -2.29. The Hall–Kier alpha value is -4.78. The molecule has 2 aliphatic rings. The summed E-state index contributed by atoms with van der Waals surface area (Å²) in [5.41, 5.74) is 2.38. The molecule has 0 radical (unpaired) electrons. The molecule has 196 valence electrons. The van der Waals surface area contributed by atoms with Crippen molar-refractivity contribution in [3.63, 3.8) is 0 Å². The van der Waals surface area contributed by atoms with Gasteiger partial charge in [0.1, 0.15) is 17.6 Å². The van der Waals surface area contributed by atoms with Crippen LogP contribution in [0.4, 0.5) is 5.69 Å². The van der Waals surface area contributed by atoms with Crippen molar-refractivity contribution in [1.29, 1.82) is 0 Å². The Balaban J connectivity index is 1.58. The summed E-state index contributed by atoms with van der Waals surface area (Å²) in [5.74, 6) is -0.901. The second-order valence-electron chi connectivity index (χ2n) is 9.78. The van der Waals surface area contributed by atoms with Crippen molar-refractivity contribution in [3.05, 3.63) is 101 Å². The van der Waals surface area contributed by atoms with Gasteiger partial charge in [0.15, 0.2) is 11.5 Å². The second-order valence-corrected chi connectivity index (χ2v) is 9.78. The highest BCUT2D eigenvalue weighted by atomic mass is 16.5. The number of phenolic OH excluding ortho intramolecular Hbond substituents is 1. The fraction of sp³-hybridized carbons (Fsp3) is 0.188. The van der Waals surface area contributed by atoms with E-state index in [0.717, 1.165) is 22.1 Å². The van der Waals surface area contributed by atoms with E-state index in [1.54, 1.807) is 43.3 Å². The van der Waals surface area contributed by atoms with Gasteiger partial charge in [-0.05, 0) is 66.8 Å². The zero-order valence-electron chi connectivity index (χ0n) is 21.5. The molecule has 0 aromatic heterocycles. The molecule has 0 aliphatic carbocycles. The van der Waals surface area contributed by atoms with Crippen molar-refractivity contribution in [2.24, 2.45) is 0 Å². The van der Waals surface area contributed by atoms with Crippen LogP contribution in [0, 0.1) is 0 Å². The fourth-order valence-corrected chi connectivity index (χ4v) is 5.51. The molecule has 2 unspecified atom stereocenters. The van der Waals surface area contributed by atoms with E-state index in [4.69, 9.17) is 9.47 Å². The number of anilines is 1. The smallest absolute Gasteiger partial charge is 0.300 e. The molecule has 7 heteroatoms. The number of Topliss-reactive ketones (excluding diaryl/α,β-unsaturated/α-hetero) is 1. The first-order valence-electron chi connectivity index (χ1n) is 12.9. The number of benzene rings is 4. The molecule has 2 heterocycles. The maximum atomic E-state index is 13.7. The topological polar surface area (TPSA) is 96.3 Å². The third-order valence-electron chi connectivity index (χ3n) is 7.24. The summed E-state index contributed by atoms with van der Waals surface area (Å²) in [6.45, 7) is 4.08. The van der Waals surface area contributed by atoms with Gasteiger partial charge in [-0.3, -0.25) is 14.5 Å². The first kappa shape index (κ1) is 24.6. The number of ketones is 1. The summed E-state index contributed by atoms with van der Waals surface area (Å²) in [7, 11) is 0. The van der Waals surface area contributed by atoms with E-state index in [9.17, 15) is 19.8 Å². The quantitative estimate of drug-likeness (QED) is 0.193. The molecule has 2 atom stereocenters. The SMILES string of the molecule is CCOc1cc(C2/C(=C(\O)c3ccc4c(c3)CC(C)O4)C(=O)C(=O)N2c2cccc3ccccc23)ccc1O. The van der Waals surface area contributed by atoms with Gasteiger partial charge < -0.3 is 19.7 Å². The average molecular weight is 522 g/mol. The van der Waals surface area contributed by atoms with Crippen LogP contribution in [0.5, 0.6) is 17.2 Å². The molecule has 1 fully saturated rings. The molecule has 7 nitrogen and oxygen atoms in total. The Bertz CT molecular complexity index is 1670. The molecule has 0 bridgehead atoms. The third-order valence-corrected chi connectivity index (χ3v) is 7.24. The Morgan fingerprint density at radius 1 is 1.03 bits per heavy atom. The summed E-state index contributed by atoms with van der Waals surface area (Å²) in [6, 6.07) is 22.2. The minimum atomic E-state index is -0.959. The lowest BCUT2D eigenvalue weighted by molar-refractivity contribution is -0.132. The molecular weight excluding hydrogens is 494 g/mol. The number of fused-ring (bicyclic) bond motifs is 2. The van der Waals surface area contributed by atoms with Crippen molar-refractivity contribution in [3.8, 4) is 17.2 Å². The number of aromatic hydroxyl groups is 1. The van der Waals surface area contributed by atoms with E-state index in [1.807, 2.05) is 43.3 Å². The predicted octanol–water partition coefficient (Wildman–Crippen LogP) is 5.89. The van der Waals surface area contributed by atoms with Gasteiger partial charge in [0, 0.05) is 17.4 Å². The monoisotopic (exact) mass is 521 g/mol. The van der Waals surface area contributed by atoms with E-state index in [1.165, 1.54) is 11.0 Å². The number of nitrogens with zero attached hydrogens (tertiary/aromatic N) is 1. The highest BCUT2D eigenvalue weighted by Crippen LogP contribution is 2.46. The first-order valence-corrected chi connectivity index (χ1v) is 12.9. The summed E-state index contributed by atoms with van der Waals surface area (Å²) < 4.78 is 11.4. The van der Waals surface area contributed by atoms with Crippen molar-refractivity contribution in [2.45, 2.75) is 32.4 Å². The zero-order valence-corrected chi connectivity index (χ0v) is 21.5. The number of hydrogen-bond acceptors (Lipinski definition) is 6. The predicted molar refractivity (Wildman–Crippen MR) is 148 cm³/mol. The largest absolute Gasteiger partial charge is 0.507 e. The second kappa shape index (κ2) is 9.51. The lowest BCUT2D eigenvalue weighted by atomic mass is 9.93. The molecule has 6 rings (SSSR count).